The number of ether oxygens (including phenoxy) is 1. The molecule has 0 spiro atoms. The molecule has 1 atom stereocenters. The summed E-state index contributed by atoms with van der Waals surface area (Å²) in [6.07, 6.45) is -0.969. The summed E-state index contributed by atoms with van der Waals surface area (Å²) in [6, 6.07) is 13.2. The Morgan fingerprint density at radius 1 is 1.07 bits per heavy atom. The van der Waals surface area contributed by atoms with Crippen LogP contribution in [0.1, 0.15) is 17.3 Å². The van der Waals surface area contributed by atoms with E-state index in [-0.39, 0.29) is 5.56 Å². The third-order valence-corrected chi connectivity index (χ3v) is 3.68. The van der Waals surface area contributed by atoms with Gasteiger partial charge in [-0.25, -0.2) is 9.18 Å². The second-order valence-corrected chi connectivity index (χ2v) is 5.64. The minimum atomic E-state index is -0.969. The molecule has 0 fully saturated rings. The molecule has 0 unspecified atom stereocenters. The van der Waals surface area contributed by atoms with Gasteiger partial charge in [-0.05, 0) is 43.3 Å². The number of nitrogens with one attached hydrogen (secondary N) is 2. The van der Waals surface area contributed by atoms with Crippen LogP contribution in [0.3, 0.4) is 0 Å². The number of amides is 2. The van der Waals surface area contributed by atoms with Crippen molar-refractivity contribution in [2.24, 2.45) is 0 Å². The van der Waals surface area contributed by atoms with Crippen molar-refractivity contribution in [1.82, 2.24) is 10.9 Å². The molecule has 0 saturated carbocycles. The van der Waals surface area contributed by atoms with Crippen LogP contribution in [0.5, 0.6) is 5.75 Å². The lowest BCUT2D eigenvalue weighted by Gasteiger charge is -2.15. The number of hydrogen-bond acceptors (Lipinski definition) is 5. The summed E-state index contributed by atoms with van der Waals surface area (Å²) >= 11 is 0. The molecule has 0 radical (unpaired) electrons. The smallest absolute Gasteiger partial charge is 0.349 e. The maximum absolute atomic E-state index is 12.9. The van der Waals surface area contributed by atoms with Crippen LogP contribution >= 0.6 is 0 Å². The predicted octanol–water partition coefficient (Wildman–Crippen LogP) is 2.16. The van der Waals surface area contributed by atoms with Crippen molar-refractivity contribution in [3.8, 4) is 5.75 Å². The molecule has 0 aliphatic carbocycles. The lowest BCUT2D eigenvalue weighted by atomic mass is 10.2. The fraction of sp³-hybridized carbons (Fsp3) is 0.105. The largest absolute Gasteiger partial charge is 0.481 e. The van der Waals surface area contributed by atoms with Crippen molar-refractivity contribution >= 4 is 22.8 Å². The average molecular weight is 370 g/mol. The third-order valence-electron chi connectivity index (χ3n) is 3.68. The van der Waals surface area contributed by atoms with Gasteiger partial charge in [-0.3, -0.25) is 20.4 Å². The maximum Gasteiger partial charge on any atom is 0.349 e. The maximum atomic E-state index is 12.9. The van der Waals surface area contributed by atoms with Gasteiger partial charge in [-0.2, -0.15) is 0 Å². The molecule has 2 amide bonds. The van der Waals surface area contributed by atoms with Gasteiger partial charge >= 0.3 is 5.63 Å². The van der Waals surface area contributed by atoms with E-state index in [9.17, 15) is 18.8 Å². The fourth-order valence-electron chi connectivity index (χ4n) is 2.28. The van der Waals surface area contributed by atoms with Gasteiger partial charge in [0.25, 0.3) is 11.8 Å². The second kappa shape index (κ2) is 7.69. The molecule has 27 heavy (non-hydrogen) atoms. The van der Waals surface area contributed by atoms with Crippen molar-refractivity contribution in [1.29, 1.82) is 0 Å². The molecule has 0 aliphatic heterocycles. The van der Waals surface area contributed by atoms with E-state index in [0.717, 1.165) is 0 Å². The summed E-state index contributed by atoms with van der Waals surface area (Å²) < 4.78 is 23.3. The van der Waals surface area contributed by atoms with E-state index in [2.05, 4.69) is 10.9 Å². The molecule has 0 saturated heterocycles. The van der Waals surface area contributed by atoms with Crippen LogP contribution in [0, 0.1) is 5.82 Å². The molecule has 3 rings (SSSR count). The molecule has 8 heteroatoms. The Labute approximate surface area is 152 Å². The molecule has 0 bridgehead atoms. The monoisotopic (exact) mass is 370 g/mol. The van der Waals surface area contributed by atoms with Crippen LogP contribution < -0.4 is 21.2 Å². The van der Waals surface area contributed by atoms with Crippen LogP contribution in [-0.2, 0) is 4.79 Å². The zero-order valence-corrected chi connectivity index (χ0v) is 14.2. The van der Waals surface area contributed by atoms with Crippen LogP contribution in [0.4, 0.5) is 4.39 Å². The van der Waals surface area contributed by atoms with E-state index in [1.165, 1.54) is 37.3 Å². The number of fused-ring (bicyclic) bond motifs is 1. The number of rotatable bonds is 4. The fourth-order valence-corrected chi connectivity index (χ4v) is 2.28. The van der Waals surface area contributed by atoms with Crippen molar-refractivity contribution in [2.45, 2.75) is 13.0 Å². The van der Waals surface area contributed by atoms with Crippen molar-refractivity contribution in [3.05, 3.63) is 76.4 Å². The first-order valence-electron chi connectivity index (χ1n) is 7.99. The number of hydrogen-bond donors (Lipinski definition) is 2. The van der Waals surface area contributed by atoms with Crippen LogP contribution in [0.2, 0.25) is 0 Å². The Balaban J connectivity index is 1.63. The van der Waals surface area contributed by atoms with E-state index < -0.39 is 29.4 Å². The third kappa shape index (κ3) is 4.30. The molecule has 2 aromatic carbocycles. The first-order chi connectivity index (χ1) is 12.9. The van der Waals surface area contributed by atoms with E-state index in [0.29, 0.717) is 16.7 Å². The Morgan fingerprint density at radius 2 is 1.78 bits per heavy atom. The van der Waals surface area contributed by atoms with Gasteiger partial charge in [-0.1, -0.05) is 18.2 Å². The van der Waals surface area contributed by atoms with Crippen molar-refractivity contribution in [3.63, 3.8) is 0 Å². The van der Waals surface area contributed by atoms with E-state index >= 15 is 0 Å². The summed E-state index contributed by atoms with van der Waals surface area (Å²) in [5.74, 6) is -1.61. The Hall–Kier alpha value is -3.68. The Bertz CT molecular complexity index is 1050. The number of carbonyl (C=O) groups excluding carboxylic acids is 2. The van der Waals surface area contributed by atoms with Crippen molar-refractivity contribution < 1.29 is 23.1 Å². The van der Waals surface area contributed by atoms with E-state index in [1.54, 1.807) is 24.3 Å². The van der Waals surface area contributed by atoms with Gasteiger partial charge in [0.15, 0.2) is 6.10 Å². The highest BCUT2D eigenvalue weighted by Gasteiger charge is 2.18. The summed E-state index contributed by atoms with van der Waals surface area (Å²) in [7, 11) is 0. The van der Waals surface area contributed by atoms with Gasteiger partial charge in [0.05, 0.1) is 0 Å². The molecular formula is C19H15FN2O5. The van der Waals surface area contributed by atoms with Crippen LogP contribution in [-0.4, -0.2) is 17.9 Å². The average Bonchev–Trinajstić information content (AvgIpc) is 2.67. The molecule has 3 aromatic rings. The molecule has 1 heterocycles. The second-order valence-electron chi connectivity index (χ2n) is 5.64. The number of para-hydroxylation sites is 1. The molecule has 0 aliphatic rings. The van der Waals surface area contributed by atoms with Gasteiger partial charge in [0.2, 0.25) is 0 Å². The summed E-state index contributed by atoms with van der Waals surface area (Å²) in [5.41, 5.74) is 3.59. The van der Waals surface area contributed by atoms with Gasteiger partial charge < -0.3 is 9.15 Å². The number of hydrazine groups is 1. The summed E-state index contributed by atoms with van der Waals surface area (Å²) in [6.45, 7) is 1.45. The zero-order valence-electron chi connectivity index (χ0n) is 14.2. The molecule has 2 N–H and O–H groups in total. The first kappa shape index (κ1) is 18.1. The van der Waals surface area contributed by atoms with E-state index in [4.69, 9.17) is 9.15 Å². The first-order valence-corrected chi connectivity index (χ1v) is 7.99. The highest BCUT2D eigenvalue weighted by atomic mass is 19.1. The minimum Gasteiger partial charge on any atom is -0.481 e. The highest BCUT2D eigenvalue weighted by Crippen LogP contribution is 2.13. The minimum absolute atomic E-state index is 0.249. The Morgan fingerprint density at radius 3 is 2.52 bits per heavy atom. The molecule has 138 valence electrons. The Kier molecular flexibility index (Phi) is 5.16. The number of benzene rings is 2. The van der Waals surface area contributed by atoms with E-state index in [1.807, 2.05) is 0 Å². The molecule has 7 nitrogen and oxygen atoms in total. The standard InChI is InChI=1S/C19H15FN2O5/c1-11(26-14-8-6-13(20)7-9-14)17(23)21-22-18(24)15-10-12-4-2-3-5-16(12)27-19(15)25/h2-11H,1H3,(H,21,23)(H,22,24)/t11-/m1/s1. The lowest BCUT2D eigenvalue weighted by Crippen LogP contribution is -2.48. The predicted molar refractivity (Wildman–Crippen MR) is 94.6 cm³/mol. The van der Waals surface area contributed by atoms with Crippen LogP contribution in [0.15, 0.2) is 63.8 Å². The van der Waals surface area contributed by atoms with Crippen LogP contribution in [0.25, 0.3) is 11.0 Å². The van der Waals surface area contributed by atoms with Gasteiger partial charge in [0, 0.05) is 5.39 Å². The summed E-state index contributed by atoms with van der Waals surface area (Å²) in [5, 5.41) is 0.571. The SMILES string of the molecule is C[C@@H](Oc1ccc(F)cc1)C(=O)NNC(=O)c1cc2ccccc2oc1=O. The number of carbonyl (C=O) groups is 2. The molecule has 1 aromatic heterocycles. The quantitative estimate of drug-likeness (QED) is 0.542. The normalized spacial score (nSPS) is 11.6. The topological polar surface area (TPSA) is 97.6 Å². The molecular weight excluding hydrogens is 355 g/mol. The highest BCUT2D eigenvalue weighted by molar-refractivity contribution is 5.97. The van der Waals surface area contributed by atoms with Gasteiger partial charge in [-0.15, -0.1) is 0 Å². The number of halogens is 1. The lowest BCUT2D eigenvalue weighted by molar-refractivity contribution is -0.128. The van der Waals surface area contributed by atoms with Crippen molar-refractivity contribution in [2.75, 3.05) is 0 Å². The van der Waals surface area contributed by atoms with Gasteiger partial charge in [0.1, 0.15) is 22.7 Å². The zero-order chi connectivity index (χ0) is 19.4. The summed E-state index contributed by atoms with van der Waals surface area (Å²) in [4.78, 5) is 36.1.